The monoisotopic (exact) mass is 239 g/mol. The molecule has 0 amide bonds. The summed E-state index contributed by atoms with van der Waals surface area (Å²) in [5.74, 6) is 0.578. The van der Waals surface area contributed by atoms with Gasteiger partial charge in [0.2, 0.25) is 0 Å². The lowest BCUT2D eigenvalue weighted by Crippen LogP contribution is -2.22. The summed E-state index contributed by atoms with van der Waals surface area (Å²) >= 11 is 0. The number of benzene rings is 1. The van der Waals surface area contributed by atoms with Gasteiger partial charge in [-0.3, -0.25) is 0 Å². The molecule has 3 heteroatoms. The standard InChI is InChI=1S/C14H22FNO/c1-5-16-13(8-10(2)3)11-6-7-14(17-4)12(15)9-11/h6-7,9-10,13,16H,5,8H2,1-4H3. The third-order valence-electron chi connectivity index (χ3n) is 2.74. The Morgan fingerprint density at radius 3 is 2.53 bits per heavy atom. The fourth-order valence-electron chi connectivity index (χ4n) is 1.95. The fraction of sp³-hybridized carbons (Fsp3) is 0.571. The molecular formula is C14H22FNO. The summed E-state index contributed by atoms with van der Waals surface area (Å²) in [5, 5.41) is 3.39. The van der Waals surface area contributed by atoms with Gasteiger partial charge in [0.15, 0.2) is 11.6 Å². The van der Waals surface area contributed by atoms with Crippen LogP contribution >= 0.6 is 0 Å². The van der Waals surface area contributed by atoms with Crippen molar-refractivity contribution in [3.63, 3.8) is 0 Å². The Kier molecular flexibility index (Phi) is 5.42. The molecule has 96 valence electrons. The van der Waals surface area contributed by atoms with Crippen molar-refractivity contribution in [3.8, 4) is 5.75 Å². The van der Waals surface area contributed by atoms with E-state index in [9.17, 15) is 4.39 Å². The zero-order chi connectivity index (χ0) is 12.8. The Bertz CT molecular complexity index is 352. The molecule has 0 radical (unpaired) electrons. The van der Waals surface area contributed by atoms with Crippen LogP contribution in [0.3, 0.4) is 0 Å². The van der Waals surface area contributed by atoms with E-state index in [2.05, 4.69) is 26.1 Å². The lowest BCUT2D eigenvalue weighted by atomic mass is 9.97. The van der Waals surface area contributed by atoms with Gasteiger partial charge in [-0.25, -0.2) is 4.39 Å². The number of ether oxygens (including phenoxy) is 1. The molecule has 0 bridgehead atoms. The van der Waals surface area contributed by atoms with E-state index in [0.717, 1.165) is 18.5 Å². The Labute approximate surface area is 103 Å². The highest BCUT2D eigenvalue weighted by molar-refractivity contribution is 5.31. The zero-order valence-electron chi connectivity index (χ0n) is 11.1. The maximum absolute atomic E-state index is 13.6. The Balaban J connectivity index is 2.89. The van der Waals surface area contributed by atoms with Crippen LogP contribution in [0.15, 0.2) is 18.2 Å². The predicted molar refractivity (Wildman–Crippen MR) is 68.8 cm³/mol. The number of halogens is 1. The number of hydrogen-bond acceptors (Lipinski definition) is 2. The first-order chi connectivity index (χ1) is 8.08. The van der Waals surface area contributed by atoms with Crippen molar-refractivity contribution in [3.05, 3.63) is 29.6 Å². The van der Waals surface area contributed by atoms with Gasteiger partial charge in [-0.05, 0) is 36.6 Å². The first kappa shape index (κ1) is 14.0. The summed E-state index contributed by atoms with van der Waals surface area (Å²) < 4.78 is 18.6. The normalized spacial score (nSPS) is 12.8. The maximum Gasteiger partial charge on any atom is 0.165 e. The lowest BCUT2D eigenvalue weighted by Gasteiger charge is -2.20. The smallest absolute Gasteiger partial charge is 0.165 e. The minimum atomic E-state index is -0.295. The van der Waals surface area contributed by atoms with Crippen LogP contribution < -0.4 is 10.1 Å². The van der Waals surface area contributed by atoms with Crippen molar-refractivity contribution in [2.75, 3.05) is 13.7 Å². The van der Waals surface area contributed by atoms with E-state index in [0.29, 0.717) is 11.7 Å². The lowest BCUT2D eigenvalue weighted by molar-refractivity contribution is 0.384. The molecule has 1 aromatic rings. The molecule has 0 heterocycles. The Morgan fingerprint density at radius 1 is 1.35 bits per heavy atom. The maximum atomic E-state index is 13.6. The van der Waals surface area contributed by atoms with Crippen LogP contribution in [0.4, 0.5) is 4.39 Å². The van der Waals surface area contributed by atoms with E-state index in [1.54, 1.807) is 12.1 Å². The van der Waals surface area contributed by atoms with E-state index < -0.39 is 0 Å². The molecule has 0 aromatic heterocycles. The van der Waals surface area contributed by atoms with Gasteiger partial charge >= 0.3 is 0 Å². The third-order valence-corrected chi connectivity index (χ3v) is 2.74. The van der Waals surface area contributed by atoms with Crippen LogP contribution in [0.1, 0.15) is 38.8 Å². The molecule has 2 nitrogen and oxygen atoms in total. The van der Waals surface area contributed by atoms with Crippen molar-refractivity contribution in [2.24, 2.45) is 5.92 Å². The molecule has 17 heavy (non-hydrogen) atoms. The predicted octanol–water partition coefficient (Wildman–Crippen LogP) is 3.53. The summed E-state index contributed by atoms with van der Waals surface area (Å²) in [6.07, 6.45) is 1.000. The van der Waals surface area contributed by atoms with Crippen molar-refractivity contribution >= 4 is 0 Å². The van der Waals surface area contributed by atoms with E-state index in [1.807, 2.05) is 6.07 Å². The van der Waals surface area contributed by atoms with Crippen LogP contribution in [-0.4, -0.2) is 13.7 Å². The van der Waals surface area contributed by atoms with Gasteiger partial charge in [-0.2, -0.15) is 0 Å². The van der Waals surface area contributed by atoms with Crippen LogP contribution in [0.5, 0.6) is 5.75 Å². The Hall–Kier alpha value is -1.09. The second kappa shape index (κ2) is 6.60. The van der Waals surface area contributed by atoms with Gasteiger partial charge in [0.25, 0.3) is 0 Å². The van der Waals surface area contributed by atoms with Gasteiger partial charge in [-0.1, -0.05) is 26.8 Å². The largest absolute Gasteiger partial charge is 0.494 e. The molecule has 0 saturated heterocycles. The molecule has 1 unspecified atom stereocenters. The SMILES string of the molecule is CCNC(CC(C)C)c1ccc(OC)c(F)c1. The topological polar surface area (TPSA) is 21.3 Å². The van der Waals surface area contributed by atoms with E-state index in [-0.39, 0.29) is 11.9 Å². The first-order valence-electron chi connectivity index (χ1n) is 6.15. The van der Waals surface area contributed by atoms with Crippen molar-refractivity contribution in [1.29, 1.82) is 0 Å². The highest BCUT2D eigenvalue weighted by atomic mass is 19.1. The summed E-state index contributed by atoms with van der Waals surface area (Å²) in [6.45, 7) is 7.28. The minimum Gasteiger partial charge on any atom is -0.494 e. The summed E-state index contributed by atoms with van der Waals surface area (Å²) in [7, 11) is 1.48. The van der Waals surface area contributed by atoms with Crippen LogP contribution in [-0.2, 0) is 0 Å². The average Bonchev–Trinajstić information content (AvgIpc) is 2.28. The fourth-order valence-corrected chi connectivity index (χ4v) is 1.95. The molecule has 1 rings (SSSR count). The van der Waals surface area contributed by atoms with Crippen molar-refractivity contribution < 1.29 is 9.13 Å². The number of hydrogen-bond donors (Lipinski definition) is 1. The van der Waals surface area contributed by atoms with E-state index in [1.165, 1.54) is 7.11 Å². The third kappa shape index (κ3) is 4.00. The molecule has 1 aromatic carbocycles. The minimum absolute atomic E-state index is 0.209. The average molecular weight is 239 g/mol. The molecule has 0 fully saturated rings. The number of methoxy groups -OCH3 is 1. The Morgan fingerprint density at radius 2 is 2.06 bits per heavy atom. The zero-order valence-corrected chi connectivity index (χ0v) is 11.1. The van der Waals surface area contributed by atoms with Gasteiger partial charge < -0.3 is 10.1 Å². The molecule has 0 spiro atoms. The highest BCUT2D eigenvalue weighted by Gasteiger charge is 2.14. The first-order valence-corrected chi connectivity index (χ1v) is 6.15. The van der Waals surface area contributed by atoms with E-state index in [4.69, 9.17) is 4.74 Å². The molecule has 0 aliphatic rings. The second-order valence-electron chi connectivity index (χ2n) is 4.63. The van der Waals surface area contributed by atoms with Crippen molar-refractivity contribution in [1.82, 2.24) is 5.32 Å². The van der Waals surface area contributed by atoms with E-state index >= 15 is 0 Å². The molecule has 0 aliphatic carbocycles. The number of rotatable bonds is 6. The van der Waals surface area contributed by atoms with Crippen LogP contribution in [0.25, 0.3) is 0 Å². The molecular weight excluding hydrogens is 217 g/mol. The van der Waals surface area contributed by atoms with Crippen LogP contribution in [0.2, 0.25) is 0 Å². The van der Waals surface area contributed by atoms with Gasteiger partial charge in [0, 0.05) is 6.04 Å². The molecule has 0 saturated carbocycles. The number of nitrogens with one attached hydrogen (secondary N) is 1. The van der Waals surface area contributed by atoms with Crippen LogP contribution in [0, 0.1) is 11.7 Å². The van der Waals surface area contributed by atoms with Gasteiger partial charge in [0.1, 0.15) is 0 Å². The second-order valence-corrected chi connectivity index (χ2v) is 4.63. The molecule has 0 aliphatic heterocycles. The summed E-state index contributed by atoms with van der Waals surface area (Å²) in [4.78, 5) is 0. The van der Waals surface area contributed by atoms with Gasteiger partial charge in [0.05, 0.1) is 7.11 Å². The highest BCUT2D eigenvalue weighted by Crippen LogP contribution is 2.25. The summed E-state index contributed by atoms with van der Waals surface area (Å²) in [6, 6.07) is 5.39. The van der Waals surface area contributed by atoms with Gasteiger partial charge in [-0.15, -0.1) is 0 Å². The molecule has 1 N–H and O–H groups in total. The van der Waals surface area contributed by atoms with Crippen molar-refractivity contribution in [2.45, 2.75) is 33.2 Å². The quantitative estimate of drug-likeness (QED) is 0.820. The molecule has 1 atom stereocenters. The summed E-state index contributed by atoms with van der Waals surface area (Å²) in [5.41, 5.74) is 0.985.